The number of thiazole rings is 1. The van der Waals surface area contributed by atoms with Crippen LogP contribution in [0.4, 0.5) is 5.13 Å². The molecule has 0 unspecified atom stereocenters. The molecule has 2 N–H and O–H groups in total. The van der Waals surface area contributed by atoms with Crippen LogP contribution in [-0.2, 0) is 4.79 Å². The van der Waals surface area contributed by atoms with E-state index < -0.39 is 0 Å². The predicted molar refractivity (Wildman–Crippen MR) is 83.5 cm³/mol. The number of carbonyl (C=O) groups is 2. The normalized spacial score (nSPS) is 10.1. The number of amides is 2. The van der Waals surface area contributed by atoms with Crippen LogP contribution in [-0.4, -0.2) is 23.3 Å². The molecule has 0 aliphatic heterocycles. The first kappa shape index (κ1) is 15.2. The molecule has 6 heteroatoms. The van der Waals surface area contributed by atoms with E-state index in [-0.39, 0.29) is 11.8 Å². The molecule has 2 rings (SSSR count). The second kappa shape index (κ2) is 7.54. The predicted octanol–water partition coefficient (Wildman–Crippen LogP) is 2.60. The Labute approximate surface area is 127 Å². The molecule has 1 aromatic carbocycles. The Kier molecular flexibility index (Phi) is 5.45. The van der Waals surface area contributed by atoms with Gasteiger partial charge in [-0.15, -0.1) is 11.3 Å². The number of carbonyl (C=O) groups excluding carboxylic acids is 2. The molecule has 110 valence electrons. The first-order valence-corrected chi connectivity index (χ1v) is 7.52. The summed E-state index contributed by atoms with van der Waals surface area (Å²) in [4.78, 5) is 28.6. The molecular weight excluding hydrogens is 286 g/mol. The lowest BCUT2D eigenvalue weighted by Gasteiger charge is -2.05. The van der Waals surface area contributed by atoms with Crippen molar-refractivity contribution in [2.45, 2.75) is 19.8 Å². The number of hydrogen-bond donors (Lipinski definition) is 2. The molecule has 0 aliphatic carbocycles. The molecule has 0 saturated carbocycles. The van der Waals surface area contributed by atoms with Gasteiger partial charge in [-0.3, -0.25) is 9.59 Å². The van der Waals surface area contributed by atoms with Gasteiger partial charge in [0.05, 0.1) is 0 Å². The molecule has 0 bridgehead atoms. The number of nitrogens with one attached hydrogen (secondary N) is 2. The van der Waals surface area contributed by atoms with Crippen molar-refractivity contribution in [2.24, 2.45) is 0 Å². The Morgan fingerprint density at radius 1 is 1.24 bits per heavy atom. The van der Waals surface area contributed by atoms with Gasteiger partial charge in [0.15, 0.2) is 5.13 Å². The van der Waals surface area contributed by atoms with Gasteiger partial charge in [-0.2, -0.15) is 0 Å². The summed E-state index contributed by atoms with van der Waals surface area (Å²) in [6.07, 6.45) is 2.67. The molecular formula is C15H17N3O2S. The Morgan fingerprint density at radius 3 is 2.67 bits per heavy atom. The van der Waals surface area contributed by atoms with Crippen molar-refractivity contribution in [1.82, 2.24) is 10.3 Å². The molecule has 0 fully saturated rings. The smallest absolute Gasteiger partial charge is 0.251 e. The number of benzene rings is 1. The highest BCUT2D eigenvalue weighted by Gasteiger charge is 2.06. The van der Waals surface area contributed by atoms with Crippen molar-refractivity contribution in [2.75, 3.05) is 11.9 Å². The van der Waals surface area contributed by atoms with Crippen LogP contribution in [0.15, 0.2) is 36.5 Å². The van der Waals surface area contributed by atoms with E-state index in [0.717, 1.165) is 4.88 Å². The summed E-state index contributed by atoms with van der Waals surface area (Å²) in [6, 6.07) is 9.01. The second-order valence-electron chi connectivity index (χ2n) is 4.55. The van der Waals surface area contributed by atoms with Crippen LogP contribution in [0.1, 0.15) is 28.1 Å². The number of hydrogen-bond acceptors (Lipinski definition) is 4. The molecule has 1 aromatic heterocycles. The summed E-state index contributed by atoms with van der Waals surface area (Å²) < 4.78 is 0. The first-order chi connectivity index (χ1) is 10.1. The van der Waals surface area contributed by atoms with Crippen LogP contribution >= 0.6 is 11.3 Å². The Morgan fingerprint density at radius 2 is 2.00 bits per heavy atom. The fourth-order valence-corrected chi connectivity index (χ4v) is 2.42. The van der Waals surface area contributed by atoms with E-state index in [9.17, 15) is 9.59 Å². The Balaban J connectivity index is 1.65. The largest absolute Gasteiger partial charge is 0.352 e. The first-order valence-electron chi connectivity index (χ1n) is 6.70. The van der Waals surface area contributed by atoms with E-state index in [4.69, 9.17) is 0 Å². The van der Waals surface area contributed by atoms with Gasteiger partial charge in [0.25, 0.3) is 5.91 Å². The highest BCUT2D eigenvalue weighted by molar-refractivity contribution is 7.15. The maximum Gasteiger partial charge on any atom is 0.251 e. The standard InChI is InChI=1S/C15H17N3O2S/c1-11-10-17-15(21-11)18-13(19)8-5-9-16-14(20)12-6-3-2-4-7-12/h2-4,6-7,10H,5,8-9H2,1H3,(H,16,20)(H,17,18,19). The van der Waals surface area contributed by atoms with Crippen molar-refractivity contribution < 1.29 is 9.59 Å². The van der Waals surface area contributed by atoms with Crippen molar-refractivity contribution in [1.29, 1.82) is 0 Å². The maximum atomic E-state index is 11.8. The van der Waals surface area contributed by atoms with Crippen LogP contribution in [0.5, 0.6) is 0 Å². The van der Waals surface area contributed by atoms with Gasteiger partial charge in [-0.05, 0) is 25.5 Å². The van der Waals surface area contributed by atoms with Gasteiger partial charge in [0.2, 0.25) is 5.91 Å². The van der Waals surface area contributed by atoms with Gasteiger partial charge in [-0.25, -0.2) is 4.98 Å². The van der Waals surface area contributed by atoms with E-state index in [1.54, 1.807) is 18.3 Å². The third-order valence-electron chi connectivity index (χ3n) is 2.77. The molecule has 0 atom stereocenters. The van der Waals surface area contributed by atoms with Crippen molar-refractivity contribution in [3.63, 3.8) is 0 Å². The van der Waals surface area contributed by atoms with Crippen LogP contribution in [0.25, 0.3) is 0 Å². The molecule has 2 amide bonds. The van der Waals surface area contributed by atoms with E-state index in [1.807, 2.05) is 25.1 Å². The monoisotopic (exact) mass is 303 g/mol. The molecule has 0 saturated heterocycles. The molecule has 2 aromatic rings. The molecule has 0 aliphatic rings. The van der Waals surface area contributed by atoms with E-state index in [2.05, 4.69) is 15.6 Å². The number of anilines is 1. The minimum absolute atomic E-state index is 0.0849. The summed E-state index contributed by atoms with van der Waals surface area (Å²) in [5.74, 6) is -0.204. The zero-order chi connectivity index (χ0) is 15.1. The molecule has 1 heterocycles. The third kappa shape index (κ3) is 5.00. The highest BCUT2D eigenvalue weighted by Crippen LogP contribution is 2.16. The minimum atomic E-state index is -0.119. The van der Waals surface area contributed by atoms with Crippen LogP contribution in [0, 0.1) is 6.92 Å². The average Bonchev–Trinajstić information content (AvgIpc) is 2.89. The van der Waals surface area contributed by atoms with Gasteiger partial charge >= 0.3 is 0 Å². The molecule has 21 heavy (non-hydrogen) atoms. The summed E-state index contributed by atoms with van der Waals surface area (Å²) in [6.45, 7) is 2.41. The van der Waals surface area contributed by atoms with Crippen molar-refractivity contribution >= 4 is 28.3 Å². The number of aryl methyl sites for hydroxylation is 1. The van der Waals surface area contributed by atoms with E-state index in [1.165, 1.54) is 11.3 Å². The number of aromatic nitrogens is 1. The fourth-order valence-electron chi connectivity index (χ4n) is 1.74. The molecule has 0 spiro atoms. The quantitative estimate of drug-likeness (QED) is 0.806. The zero-order valence-electron chi connectivity index (χ0n) is 11.8. The third-order valence-corrected chi connectivity index (χ3v) is 3.60. The molecule has 0 radical (unpaired) electrons. The topological polar surface area (TPSA) is 71.1 Å². The lowest BCUT2D eigenvalue weighted by molar-refractivity contribution is -0.116. The average molecular weight is 303 g/mol. The zero-order valence-corrected chi connectivity index (χ0v) is 12.6. The van der Waals surface area contributed by atoms with Crippen molar-refractivity contribution in [3.05, 3.63) is 47.0 Å². The lowest BCUT2D eigenvalue weighted by atomic mass is 10.2. The van der Waals surface area contributed by atoms with Crippen molar-refractivity contribution in [3.8, 4) is 0 Å². The number of rotatable bonds is 6. The summed E-state index contributed by atoms with van der Waals surface area (Å²) in [5.41, 5.74) is 0.625. The van der Waals surface area contributed by atoms with E-state index in [0.29, 0.717) is 30.1 Å². The van der Waals surface area contributed by atoms with Gasteiger partial charge < -0.3 is 10.6 Å². The summed E-state index contributed by atoms with van der Waals surface area (Å²) in [5, 5.41) is 6.15. The lowest BCUT2D eigenvalue weighted by Crippen LogP contribution is -2.25. The molecule has 5 nitrogen and oxygen atoms in total. The van der Waals surface area contributed by atoms with Crippen LogP contribution in [0.3, 0.4) is 0 Å². The minimum Gasteiger partial charge on any atom is -0.352 e. The van der Waals surface area contributed by atoms with Gasteiger partial charge in [-0.1, -0.05) is 18.2 Å². The van der Waals surface area contributed by atoms with Gasteiger partial charge in [0.1, 0.15) is 0 Å². The van der Waals surface area contributed by atoms with E-state index >= 15 is 0 Å². The van der Waals surface area contributed by atoms with Crippen LogP contribution in [0.2, 0.25) is 0 Å². The SMILES string of the molecule is Cc1cnc(NC(=O)CCCNC(=O)c2ccccc2)s1. The Bertz CT molecular complexity index is 610. The Hall–Kier alpha value is -2.21. The summed E-state index contributed by atoms with van der Waals surface area (Å²) >= 11 is 1.44. The van der Waals surface area contributed by atoms with Gasteiger partial charge in [0, 0.05) is 29.6 Å². The second-order valence-corrected chi connectivity index (χ2v) is 5.78. The maximum absolute atomic E-state index is 11.8. The highest BCUT2D eigenvalue weighted by atomic mass is 32.1. The fraction of sp³-hybridized carbons (Fsp3) is 0.267. The van der Waals surface area contributed by atoms with Crippen LogP contribution < -0.4 is 10.6 Å². The number of nitrogens with zero attached hydrogens (tertiary/aromatic N) is 1. The summed E-state index contributed by atoms with van der Waals surface area (Å²) in [7, 11) is 0.